The van der Waals surface area contributed by atoms with E-state index in [0.29, 0.717) is 6.04 Å². The van der Waals surface area contributed by atoms with Crippen LogP contribution in [0, 0.1) is 0 Å². The second kappa shape index (κ2) is 6.50. The number of hydrogen-bond donors (Lipinski definition) is 2. The zero-order valence-electron chi connectivity index (χ0n) is 11.4. The van der Waals surface area contributed by atoms with Gasteiger partial charge in [-0.05, 0) is 25.8 Å². The number of nitrogens with zero attached hydrogens (tertiary/aromatic N) is 2. The predicted molar refractivity (Wildman–Crippen MR) is 72.3 cm³/mol. The average molecular weight is 254 g/mol. The van der Waals surface area contributed by atoms with Gasteiger partial charge in [-0.15, -0.1) is 0 Å². The van der Waals surface area contributed by atoms with Crippen LogP contribution in [0.1, 0.15) is 26.2 Å². The maximum atomic E-state index is 11.4. The number of carbonyl (C=O) groups excluding carboxylic acids is 1. The first-order valence-corrected chi connectivity index (χ1v) is 7.19. The average Bonchev–Trinajstić information content (AvgIpc) is 3.18. The van der Waals surface area contributed by atoms with Crippen molar-refractivity contribution in [2.45, 2.75) is 38.3 Å². The number of rotatable bonds is 7. The smallest absolute Gasteiger partial charge is 0.234 e. The van der Waals surface area contributed by atoms with E-state index in [9.17, 15) is 4.79 Å². The lowest BCUT2D eigenvalue weighted by Crippen LogP contribution is -2.49. The van der Waals surface area contributed by atoms with Crippen LogP contribution in [0.15, 0.2) is 0 Å². The molecule has 18 heavy (non-hydrogen) atoms. The van der Waals surface area contributed by atoms with Gasteiger partial charge in [0, 0.05) is 38.8 Å². The molecule has 3 N–H and O–H groups in total. The molecule has 1 saturated heterocycles. The Balaban J connectivity index is 1.67. The van der Waals surface area contributed by atoms with Crippen LogP contribution in [-0.2, 0) is 4.79 Å². The van der Waals surface area contributed by atoms with E-state index in [1.807, 2.05) is 0 Å². The molecule has 1 aliphatic carbocycles. The third-order valence-corrected chi connectivity index (χ3v) is 4.00. The van der Waals surface area contributed by atoms with Gasteiger partial charge in [-0.1, -0.05) is 6.92 Å². The molecule has 0 aromatic carbocycles. The molecule has 2 fully saturated rings. The van der Waals surface area contributed by atoms with E-state index in [-0.39, 0.29) is 11.9 Å². The Kier molecular flexibility index (Phi) is 4.97. The van der Waals surface area contributed by atoms with Crippen LogP contribution in [0.3, 0.4) is 0 Å². The highest BCUT2D eigenvalue weighted by molar-refractivity contribution is 5.79. The minimum absolute atomic E-state index is 0.137. The zero-order valence-corrected chi connectivity index (χ0v) is 11.4. The number of carbonyl (C=O) groups is 1. The van der Waals surface area contributed by atoms with Crippen LogP contribution in [-0.4, -0.2) is 67.1 Å². The molecule has 1 unspecified atom stereocenters. The molecule has 5 heteroatoms. The lowest BCUT2D eigenvalue weighted by molar-refractivity contribution is -0.120. The summed E-state index contributed by atoms with van der Waals surface area (Å²) in [5.74, 6) is -0.200. The lowest BCUT2D eigenvalue weighted by Gasteiger charge is -2.34. The molecule has 1 heterocycles. The van der Waals surface area contributed by atoms with Gasteiger partial charge >= 0.3 is 0 Å². The Morgan fingerprint density at radius 1 is 1.28 bits per heavy atom. The van der Waals surface area contributed by atoms with Gasteiger partial charge < -0.3 is 20.9 Å². The molecule has 0 aromatic heterocycles. The summed E-state index contributed by atoms with van der Waals surface area (Å²) in [6.07, 6.45) is 3.23. The van der Waals surface area contributed by atoms with Crippen LogP contribution < -0.4 is 11.1 Å². The standard InChI is InChI=1S/C13H26N4O/c1-2-16-7-9-17(10-8-16)6-5-12(13(14)18)15-11-3-4-11/h11-12,15H,2-10H2,1H3,(H2,14,18). The van der Waals surface area contributed by atoms with Gasteiger partial charge in [0.2, 0.25) is 5.91 Å². The molecule has 1 atom stereocenters. The molecule has 2 rings (SSSR count). The number of hydrogen-bond acceptors (Lipinski definition) is 4. The Bertz CT molecular complexity index is 272. The van der Waals surface area contributed by atoms with Crippen molar-refractivity contribution in [1.29, 1.82) is 0 Å². The van der Waals surface area contributed by atoms with Gasteiger partial charge in [-0.2, -0.15) is 0 Å². The van der Waals surface area contributed by atoms with E-state index >= 15 is 0 Å². The Morgan fingerprint density at radius 2 is 1.89 bits per heavy atom. The van der Waals surface area contributed by atoms with Crippen molar-refractivity contribution in [2.24, 2.45) is 5.73 Å². The second-order valence-corrected chi connectivity index (χ2v) is 5.46. The summed E-state index contributed by atoms with van der Waals surface area (Å²) >= 11 is 0. The molecule has 1 amide bonds. The first-order chi connectivity index (χ1) is 8.69. The molecule has 0 bridgehead atoms. The molecule has 2 aliphatic rings. The summed E-state index contributed by atoms with van der Waals surface area (Å²) in [5, 5.41) is 3.34. The minimum Gasteiger partial charge on any atom is -0.368 e. The Hall–Kier alpha value is -0.650. The van der Waals surface area contributed by atoms with Crippen molar-refractivity contribution in [3.8, 4) is 0 Å². The maximum absolute atomic E-state index is 11.4. The van der Waals surface area contributed by atoms with E-state index in [0.717, 1.165) is 45.7 Å². The number of primary amides is 1. The van der Waals surface area contributed by atoms with Crippen molar-refractivity contribution < 1.29 is 4.79 Å². The van der Waals surface area contributed by atoms with Crippen LogP contribution in [0.2, 0.25) is 0 Å². The van der Waals surface area contributed by atoms with Gasteiger partial charge in [0.1, 0.15) is 0 Å². The number of likely N-dealkylation sites (N-methyl/N-ethyl adjacent to an activating group) is 1. The monoisotopic (exact) mass is 254 g/mol. The van der Waals surface area contributed by atoms with E-state index in [1.165, 1.54) is 12.8 Å². The molecule has 5 nitrogen and oxygen atoms in total. The first-order valence-electron chi connectivity index (χ1n) is 7.19. The largest absolute Gasteiger partial charge is 0.368 e. The van der Waals surface area contributed by atoms with E-state index < -0.39 is 0 Å². The molecule has 1 aliphatic heterocycles. The molecular formula is C13H26N4O. The normalized spacial score (nSPS) is 24.1. The van der Waals surface area contributed by atoms with Gasteiger partial charge in [0.15, 0.2) is 0 Å². The van der Waals surface area contributed by atoms with Crippen molar-refractivity contribution in [1.82, 2.24) is 15.1 Å². The van der Waals surface area contributed by atoms with Crippen LogP contribution in [0.4, 0.5) is 0 Å². The quantitative estimate of drug-likeness (QED) is 0.650. The zero-order chi connectivity index (χ0) is 13.0. The van der Waals surface area contributed by atoms with Crippen molar-refractivity contribution in [3.05, 3.63) is 0 Å². The molecule has 0 spiro atoms. The van der Waals surface area contributed by atoms with Gasteiger partial charge in [0.05, 0.1) is 6.04 Å². The molecule has 0 radical (unpaired) electrons. The van der Waals surface area contributed by atoms with Gasteiger partial charge in [-0.3, -0.25) is 4.79 Å². The summed E-state index contributed by atoms with van der Waals surface area (Å²) in [5.41, 5.74) is 5.44. The lowest BCUT2D eigenvalue weighted by atomic mass is 10.1. The number of nitrogens with two attached hydrogens (primary N) is 1. The van der Waals surface area contributed by atoms with Crippen LogP contribution >= 0.6 is 0 Å². The van der Waals surface area contributed by atoms with Crippen molar-refractivity contribution in [3.63, 3.8) is 0 Å². The second-order valence-electron chi connectivity index (χ2n) is 5.46. The van der Waals surface area contributed by atoms with Crippen LogP contribution in [0.25, 0.3) is 0 Å². The number of nitrogens with one attached hydrogen (secondary N) is 1. The van der Waals surface area contributed by atoms with Crippen LogP contribution in [0.5, 0.6) is 0 Å². The fourth-order valence-corrected chi connectivity index (χ4v) is 2.48. The topological polar surface area (TPSA) is 61.6 Å². The van der Waals surface area contributed by atoms with Gasteiger partial charge in [-0.25, -0.2) is 0 Å². The number of amides is 1. The third kappa shape index (κ3) is 4.23. The van der Waals surface area contributed by atoms with Gasteiger partial charge in [0.25, 0.3) is 0 Å². The minimum atomic E-state index is -0.200. The molecule has 1 saturated carbocycles. The first kappa shape index (κ1) is 13.8. The van der Waals surface area contributed by atoms with E-state index in [2.05, 4.69) is 22.0 Å². The van der Waals surface area contributed by atoms with E-state index in [1.54, 1.807) is 0 Å². The fraction of sp³-hybridized carbons (Fsp3) is 0.923. The highest BCUT2D eigenvalue weighted by atomic mass is 16.1. The fourth-order valence-electron chi connectivity index (χ4n) is 2.48. The summed E-state index contributed by atoms with van der Waals surface area (Å²) in [7, 11) is 0. The van der Waals surface area contributed by atoms with Crippen molar-refractivity contribution >= 4 is 5.91 Å². The SMILES string of the molecule is CCN1CCN(CCC(NC2CC2)C(N)=O)CC1. The summed E-state index contributed by atoms with van der Waals surface area (Å²) < 4.78 is 0. The third-order valence-electron chi connectivity index (χ3n) is 4.00. The highest BCUT2D eigenvalue weighted by Crippen LogP contribution is 2.20. The molecule has 0 aromatic rings. The predicted octanol–water partition coefficient (Wildman–Crippen LogP) is -0.380. The molecular weight excluding hydrogens is 228 g/mol. The summed E-state index contributed by atoms with van der Waals surface area (Å²) in [4.78, 5) is 16.3. The van der Waals surface area contributed by atoms with E-state index in [4.69, 9.17) is 5.73 Å². The Morgan fingerprint density at radius 3 is 2.39 bits per heavy atom. The highest BCUT2D eigenvalue weighted by Gasteiger charge is 2.27. The Labute approximate surface area is 110 Å². The summed E-state index contributed by atoms with van der Waals surface area (Å²) in [6, 6.07) is 0.404. The summed E-state index contributed by atoms with van der Waals surface area (Å²) in [6.45, 7) is 8.84. The maximum Gasteiger partial charge on any atom is 0.234 e. The number of piperazine rings is 1. The molecule has 104 valence electrons. The van der Waals surface area contributed by atoms with Crippen molar-refractivity contribution in [2.75, 3.05) is 39.3 Å².